The number of thioether (sulfide) groups is 1. The topological polar surface area (TPSA) is 50.8 Å². The highest BCUT2D eigenvalue weighted by Crippen LogP contribution is 2.25. The van der Waals surface area contributed by atoms with Crippen LogP contribution in [0.1, 0.15) is 12.2 Å². The number of aromatic amines is 1. The molecule has 5 heteroatoms. The SMILES string of the molecule is Cc1nc(SC2CCOC2)n[nH]1. The van der Waals surface area contributed by atoms with Gasteiger partial charge in [-0.2, -0.15) is 0 Å². The van der Waals surface area contributed by atoms with Crippen LogP contribution in [0, 0.1) is 6.92 Å². The Morgan fingerprint density at radius 3 is 3.17 bits per heavy atom. The first-order valence-electron chi connectivity index (χ1n) is 3.98. The molecule has 0 bridgehead atoms. The molecular formula is C7H11N3OS. The van der Waals surface area contributed by atoms with Gasteiger partial charge in [-0.25, -0.2) is 4.98 Å². The molecule has 2 rings (SSSR count). The molecule has 4 nitrogen and oxygen atoms in total. The van der Waals surface area contributed by atoms with Crippen molar-refractivity contribution in [2.24, 2.45) is 0 Å². The lowest BCUT2D eigenvalue weighted by Crippen LogP contribution is -2.00. The molecule has 1 unspecified atom stereocenters. The number of aryl methyl sites for hydroxylation is 1. The largest absolute Gasteiger partial charge is 0.380 e. The molecule has 2 heterocycles. The van der Waals surface area contributed by atoms with Crippen LogP contribution in [-0.2, 0) is 4.74 Å². The zero-order chi connectivity index (χ0) is 8.39. The lowest BCUT2D eigenvalue weighted by atomic mass is 10.4. The van der Waals surface area contributed by atoms with Crippen LogP contribution in [0.4, 0.5) is 0 Å². The molecule has 0 amide bonds. The van der Waals surface area contributed by atoms with Gasteiger partial charge in [-0.3, -0.25) is 5.10 Å². The van der Waals surface area contributed by atoms with Gasteiger partial charge in [-0.15, -0.1) is 5.10 Å². The minimum Gasteiger partial charge on any atom is -0.380 e. The van der Waals surface area contributed by atoms with Gasteiger partial charge in [0.2, 0.25) is 5.16 Å². The summed E-state index contributed by atoms with van der Waals surface area (Å²) < 4.78 is 5.25. The standard InChI is InChI=1S/C7H11N3OS/c1-5-8-7(10-9-5)12-6-2-3-11-4-6/h6H,2-4H2,1H3,(H,8,9,10). The fourth-order valence-corrected chi connectivity index (χ4v) is 2.09. The first-order chi connectivity index (χ1) is 5.84. The monoisotopic (exact) mass is 185 g/mol. The number of rotatable bonds is 2. The molecule has 1 aliphatic rings. The molecule has 66 valence electrons. The van der Waals surface area contributed by atoms with E-state index in [9.17, 15) is 0 Å². The molecule has 1 atom stereocenters. The summed E-state index contributed by atoms with van der Waals surface area (Å²) in [6.45, 7) is 3.61. The average Bonchev–Trinajstić information content (AvgIpc) is 2.63. The fourth-order valence-electron chi connectivity index (χ4n) is 1.13. The van der Waals surface area contributed by atoms with Crippen LogP contribution in [-0.4, -0.2) is 33.6 Å². The van der Waals surface area contributed by atoms with Crippen molar-refractivity contribution in [1.29, 1.82) is 0 Å². The second kappa shape index (κ2) is 3.45. The van der Waals surface area contributed by atoms with E-state index in [0.29, 0.717) is 5.25 Å². The predicted octanol–water partition coefficient (Wildman–Crippen LogP) is 0.994. The second-order valence-corrected chi connectivity index (χ2v) is 4.07. The maximum absolute atomic E-state index is 5.25. The van der Waals surface area contributed by atoms with E-state index >= 15 is 0 Å². The van der Waals surface area contributed by atoms with Crippen molar-refractivity contribution in [2.45, 2.75) is 23.8 Å². The van der Waals surface area contributed by atoms with Crippen LogP contribution in [0.3, 0.4) is 0 Å². The summed E-state index contributed by atoms with van der Waals surface area (Å²) in [6, 6.07) is 0. The zero-order valence-corrected chi connectivity index (χ0v) is 7.73. The van der Waals surface area contributed by atoms with Crippen LogP contribution < -0.4 is 0 Å². The fraction of sp³-hybridized carbons (Fsp3) is 0.714. The lowest BCUT2D eigenvalue weighted by molar-refractivity contribution is 0.199. The van der Waals surface area contributed by atoms with Crippen LogP contribution in [0.5, 0.6) is 0 Å². The van der Waals surface area contributed by atoms with E-state index in [2.05, 4.69) is 15.2 Å². The molecule has 1 fully saturated rings. The Kier molecular flexibility index (Phi) is 2.32. The van der Waals surface area contributed by atoms with Crippen molar-refractivity contribution in [1.82, 2.24) is 15.2 Å². The minimum atomic E-state index is 0.542. The van der Waals surface area contributed by atoms with Crippen LogP contribution >= 0.6 is 11.8 Å². The molecule has 0 saturated carbocycles. The summed E-state index contributed by atoms with van der Waals surface area (Å²) >= 11 is 1.69. The van der Waals surface area contributed by atoms with Crippen molar-refractivity contribution in [3.8, 4) is 0 Å². The number of H-pyrrole nitrogens is 1. The van der Waals surface area contributed by atoms with Crippen molar-refractivity contribution in [3.05, 3.63) is 5.82 Å². The molecule has 0 spiro atoms. The second-order valence-electron chi connectivity index (χ2n) is 2.81. The zero-order valence-electron chi connectivity index (χ0n) is 6.91. The molecular weight excluding hydrogens is 174 g/mol. The summed E-state index contributed by atoms with van der Waals surface area (Å²) in [5, 5.41) is 8.25. The normalized spacial score (nSPS) is 23.2. The van der Waals surface area contributed by atoms with E-state index in [1.165, 1.54) is 0 Å². The summed E-state index contributed by atoms with van der Waals surface area (Å²) in [5.41, 5.74) is 0. The highest BCUT2D eigenvalue weighted by atomic mass is 32.2. The van der Waals surface area contributed by atoms with Crippen molar-refractivity contribution in [2.75, 3.05) is 13.2 Å². The van der Waals surface area contributed by atoms with Gasteiger partial charge < -0.3 is 4.74 Å². The lowest BCUT2D eigenvalue weighted by Gasteiger charge is -2.00. The quantitative estimate of drug-likeness (QED) is 0.746. The van der Waals surface area contributed by atoms with Gasteiger partial charge in [0, 0.05) is 11.9 Å². The Morgan fingerprint density at radius 1 is 1.67 bits per heavy atom. The van der Waals surface area contributed by atoms with Crippen LogP contribution in [0.15, 0.2) is 5.16 Å². The summed E-state index contributed by atoms with van der Waals surface area (Å²) in [5.74, 6) is 0.872. The minimum absolute atomic E-state index is 0.542. The highest BCUT2D eigenvalue weighted by Gasteiger charge is 2.18. The summed E-state index contributed by atoms with van der Waals surface area (Å²) in [4.78, 5) is 4.21. The Labute approximate surface area is 75.1 Å². The highest BCUT2D eigenvalue weighted by molar-refractivity contribution is 7.99. The van der Waals surface area contributed by atoms with Gasteiger partial charge in [0.25, 0.3) is 0 Å². The average molecular weight is 185 g/mol. The van der Waals surface area contributed by atoms with Crippen molar-refractivity contribution in [3.63, 3.8) is 0 Å². The maximum Gasteiger partial charge on any atom is 0.208 e. The third-order valence-corrected chi connectivity index (χ3v) is 2.84. The van der Waals surface area contributed by atoms with Gasteiger partial charge in [-0.1, -0.05) is 11.8 Å². The Morgan fingerprint density at radius 2 is 2.58 bits per heavy atom. The molecule has 1 aromatic rings. The van der Waals surface area contributed by atoms with Gasteiger partial charge in [0.15, 0.2) is 0 Å². The number of hydrogen-bond donors (Lipinski definition) is 1. The molecule has 1 aliphatic heterocycles. The molecule has 0 radical (unpaired) electrons. The van der Waals surface area contributed by atoms with Crippen LogP contribution in [0.25, 0.3) is 0 Å². The third kappa shape index (κ3) is 1.78. The van der Waals surface area contributed by atoms with E-state index < -0.39 is 0 Å². The van der Waals surface area contributed by atoms with E-state index in [0.717, 1.165) is 30.6 Å². The third-order valence-electron chi connectivity index (χ3n) is 1.74. The number of nitrogens with one attached hydrogen (secondary N) is 1. The molecule has 12 heavy (non-hydrogen) atoms. The molecule has 0 aromatic carbocycles. The van der Waals surface area contributed by atoms with E-state index in [4.69, 9.17) is 4.74 Å². The van der Waals surface area contributed by atoms with E-state index in [-0.39, 0.29) is 0 Å². The predicted molar refractivity (Wildman–Crippen MR) is 46.2 cm³/mol. The van der Waals surface area contributed by atoms with Gasteiger partial charge in [0.05, 0.1) is 6.61 Å². The summed E-state index contributed by atoms with van der Waals surface area (Å²) in [7, 11) is 0. The number of aromatic nitrogens is 3. The molecule has 1 saturated heterocycles. The van der Waals surface area contributed by atoms with Gasteiger partial charge in [0.1, 0.15) is 5.82 Å². The Hall–Kier alpha value is -0.550. The molecule has 1 N–H and O–H groups in total. The first kappa shape index (κ1) is 8.07. The number of hydrogen-bond acceptors (Lipinski definition) is 4. The number of nitrogens with zero attached hydrogens (tertiary/aromatic N) is 2. The van der Waals surface area contributed by atoms with E-state index in [1.807, 2.05) is 6.92 Å². The molecule has 0 aliphatic carbocycles. The Bertz CT molecular complexity index is 257. The van der Waals surface area contributed by atoms with Crippen LogP contribution in [0.2, 0.25) is 0 Å². The number of ether oxygens (including phenoxy) is 1. The smallest absolute Gasteiger partial charge is 0.208 e. The Balaban J connectivity index is 1.94. The maximum atomic E-state index is 5.25. The summed E-state index contributed by atoms with van der Waals surface area (Å²) in [6.07, 6.45) is 1.11. The van der Waals surface area contributed by atoms with Crippen molar-refractivity contribution < 1.29 is 4.74 Å². The van der Waals surface area contributed by atoms with Gasteiger partial charge in [-0.05, 0) is 13.3 Å². The first-order valence-corrected chi connectivity index (χ1v) is 4.86. The van der Waals surface area contributed by atoms with Gasteiger partial charge >= 0.3 is 0 Å². The van der Waals surface area contributed by atoms with E-state index in [1.54, 1.807) is 11.8 Å². The molecule has 1 aromatic heterocycles. The van der Waals surface area contributed by atoms with Crippen molar-refractivity contribution >= 4 is 11.8 Å².